The fourth-order valence-electron chi connectivity index (χ4n) is 1.24. The predicted molar refractivity (Wildman–Crippen MR) is 49.2 cm³/mol. The molecule has 0 rings (SSSR count). The fraction of sp³-hybridized carbons (Fsp3) is 0.889. The minimum Gasteiger partial charge on any atom is -0.384 e. The number of nitrogens with zero attached hydrogens (tertiary/aromatic N) is 1. The van der Waals surface area contributed by atoms with Crippen LogP contribution in [0.4, 0.5) is 0 Å². The Morgan fingerprint density at radius 2 is 1.92 bits per heavy atom. The zero-order valence-corrected chi connectivity index (χ0v) is 10.8. The summed E-state index contributed by atoms with van der Waals surface area (Å²) in [5.74, 6) is 0. The van der Waals surface area contributed by atoms with Crippen LogP contribution in [0, 0.1) is 49.4 Å². The molecule has 0 aliphatic heterocycles. The Balaban J connectivity index is 0. The first-order valence-electron chi connectivity index (χ1n) is 4.27. The number of aliphatic imine (C=N–C) groups is 1. The van der Waals surface area contributed by atoms with Gasteiger partial charge in [-0.2, -0.15) is 0 Å². The summed E-state index contributed by atoms with van der Waals surface area (Å²) in [6, 6.07) is 0. The van der Waals surface area contributed by atoms with Crippen LogP contribution >= 0.6 is 0 Å². The van der Waals surface area contributed by atoms with Crippen molar-refractivity contribution in [2.24, 2.45) is 4.99 Å². The molecule has 0 saturated heterocycles. The molecule has 2 nitrogen and oxygen atoms in total. The molecule has 1 unspecified atom stereocenters. The summed E-state index contributed by atoms with van der Waals surface area (Å²) in [6.45, 7) is 5.95. The maximum absolute atomic E-state index is 9.96. The Labute approximate surface area is 116 Å². The van der Waals surface area contributed by atoms with Gasteiger partial charge in [0.25, 0.3) is 0 Å². The fourth-order valence-corrected chi connectivity index (χ4v) is 1.24. The monoisotopic (exact) mass is 310 g/mol. The average Bonchev–Trinajstić information content (AvgIpc) is 2.03. The quantitative estimate of drug-likeness (QED) is 0.792. The van der Waals surface area contributed by atoms with Crippen LogP contribution in [0.15, 0.2) is 4.99 Å². The van der Waals surface area contributed by atoms with Crippen molar-refractivity contribution in [2.75, 3.05) is 7.05 Å². The van der Waals surface area contributed by atoms with Crippen LogP contribution in [0.3, 0.4) is 0 Å². The van der Waals surface area contributed by atoms with Gasteiger partial charge in [0.1, 0.15) is 5.60 Å². The van der Waals surface area contributed by atoms with E-state index < -0.39 is 5.60 Å². The predicted octanol–water partition coefficient (Wildman–Crippen LogP) is 2.02. The van der Waals surface area contributed by atoms with Crippen LogP contribution in [0.1, 0.15) is 40.0 Å². The van der Waals surface area contributed by atoms with Crippen molar-refractivity contribution in [3.63, 3.8) is 0 Å². The van der Waals surface area contributed by atoms with Crippen molar-refractivity contribution < 1.29 is 54.5 Å². The number of hydrogen-bond acceptors (Lipinski definition) is 2. The van der Waals surface area contributed by atoms with Gasteiger partial charge < -0.3 is 5.11 Å². The first kappa shape index (κ1) is 15.7. The molecule has 0 fully saturated rings. The van der Waals surface area contributed by atoms with Gasteiger partial charge in [-0.05, 0) is 19.8 Å². The van der Waals surface area contributed by atoms with Crippen molar-refractivity contribution in [1.29, 1.82) is 0 Å². The number of rotatable bonds is 4. The SMILES string of the molecule is CCCC(O)(CC)C(C)=NC.[Eu]. The van der Waals surface area contributed by atoms with Gasteiger partial charge in [0.05, 0.1) is 0 Å². The Kier molecular flexibility index (Phi) is 9.93. The summed E-state index contributed by atoms with van der Waals surface area (Å²) in [7, 11) is 1.73. The number of hydrogen-bond donors (Lipinski definition) is 1. The Morgan fingerprint density at radius 3 is 2.17 bits per heavy atom. The zero-order chi connectivity index (χ0) is 8.91. The van der Waals surface area contributed by atoms with Crippen molar-refractivity contribution in [3.05, 3.63) is 0 Å². The molecule has 1 N–H and O–H groups in total. The van der Waals surface area contributed by atoms with Crippen LogP contribution in [0.25, 0.3) is 0 Å². The van der Waals surface area contributed by atoms with Crippen LogP contribution < -0.4 is 0 Å². The Hall–Kier alpha value is 1.21. The van der Waals surface area contributed by atoms with Gasteiger partial charge in [0, 0.05) is 62.1 Å². The summed E-state index contributed by atoms with van der Waals surface area (Å²) in [5.41, 5.74) is 0.200. The molecule has 0 aliphatic rings. The third-order valence-electron chi connectivity index (χ3n) is 2.26. The van der Waals surface area contributed by atoms with E-state index in [1.54, 1.807) is 7.05 Å². The molecule has 0 aromatic carbocycles. The maximum atomic E-state index is 9.96. The van der Waals surface area contributed by atoms with Crippen LogP contribution in [-0.4, -0.2) is 23.5 Å². The molecule has 0 aromatic heterocycles. The molecular formula is C9H19EuNO. The minimum atomic E-state index is -0.649. The molecule has 0 spiro atoms. The second kappa shape index (κ2) is 7.60. The molecule has 0 aliphatic carbocycles. The molecule has 3 heteroatoms. The largest absolute Gasteiger partial charge is 0.384 e. The third kappa shape index (κ3) is 4.45. The zero-order valence-electron chi connectivity index (χ0n) is 8.39. The van der Waals surface area contributed by atoms with Crippen LogP contribution in [0.2, 0.25) is 0 Å². The smallest absolute Gasteiger partial charge is 0.102 e. The molecular weight excluding hydrogens is 290 g/mol. The normalized spacial score (nSPS) is 16.6. The summed E-state index contributed by atoms with van der Waals surface area (Å²) in [6.07, 6.45) is 2.56. The second-order valence-corrected chi connectivity index (χ2v) is 2.94. The Morgan fingerprint density at radius 1 is 1.42 bits per heavy atom. The molecule has 0 aromatic rings. The summed E-state index contributed by atoms with van der Waals surface area (Å²) >= 11 is 0. The van der Waals surface area contributed by atoms with E-state index >= 15 is 0 Å². The van der Waals surface area contributed by atoms with E-state index in [0.29, 0.717) is 0 Å². The van der Waals surface area contributed by atoms with Gasteiger partial charge in [0.15, 0.2) is 0 Å². The summed E-state index contributed by atoms with van der Waals surface area (Å²) in [5, 5.41) is 9.96. The van der Waals surface area contributed by atoms with E-state index in [4.69, 9.17) is 0 Å². The molecule has 0 bridgehead atoms. The van der Waals surface area contributed by atoms with Gasteiger partial charge >= 0.3 is 0 Å². The summed E-state index contributed by atoms with van der Waals surface area (Å²) in [4.78, 5) is 4.02. The van der Waals surface area contributed by atoms with Gasteiger partial charge in [-0.15, -0.1) is 0 Å². The first-order valence-corrected chi connectivity index (χ1v) is 4.27. The van der Waals surface area contributed by atoms with E-state index in [1.807, 2.05) is 13.8 Å². The van der Waals surface area contributed by atoms with Crippen molar-refractivity contribution in [1.82, 2.24) is 0 Å². The van der Waals surface area contributed by atoms with E-state index in [2.05, 4.69) is 11.9 Å². The van der Waals surface area contributed by atoms with E-state index in [-0.39, 0.29) is 49.4 Å². The summed E-state index contributed by atoms with van der Waals surface area (Å²) < 4.78 is 0. The molecule has 1 atom stereocenters. The molecule has 0 saturated carbocycles. The first-order chi connectivity index (χ1) is 5.10. The van der Waals surface area contributed by atoms with E-state index in [0.717, 1.165) is 25.0 Å². The third-order valence-corrected chi connectivity index (χ3v) is 2.26. The van der Waals surface area contributed by atoms with Gasteiger partial charge in [-0.25, -0.2) is 0 Å². The average molecular weight is 309 g/mol. The van der Waals surface area contributed by atoms with E-state index in [1.165, 1.54) is 0 Å². The maximum Gasteiger partial charge on any atom is 0.102 e. The Bertz CT molecular complexity index is 147. The molecule has 73 valence electrons. The van der Waals surface area contributed by atoms with Gasteiger partial charge in [0.2, 0.25) is 0 Å². The topological polar surface area (TPSA) is 32.6 Å². The van der Waals surface area contributed by atoms with Crippen molar-refractivity contribution in [3.8, 4) is 0 Å². The standard InChI is InChI=1S/C9H19NO.Eu/c1-5-7-9(11,6-2)8(3)10-4;/h11H,5-7H2,1-4H3;. The van der Waals surface area contributed by atoms with E-state index in [9.17, 15) is 5.11 Å². The number of aliphatic hydroxyl groups is 1. The molecule has 0 heterocycles. The minimum absolute atomic E-state index is 0. The molecule has 12 heavy (non-hydrogen) atoms. The van der Waals surface area contributed by atoms with Crippen LogP contribution in [-0.2, 0) is 0 Å². The second-order valence-electron chi connectivity index (χ2n) is 2.94. The van der Waals surface area contributed by atoms with Crippen molar-refractivity contribution >= 4 is 5.71 Å². The van der Waals surface area contributed by atoms with Crippen molar-refractivity contribution in [2.45, 2.75) is 45.6 Å². The molecule has 1 radical (unpaired) electrons. The molecule has 0 amide bonds. The van der Waals surface area contributed by atoms with Gasteiger partial charge in [-0.1, -0.05) is 20.3 Å². The van der Waals surface area contributed by atoms with Gasteiger partial charge in [-0.3, -0.25) is 4.99 Å². The van der Waals surface area contributed by atoms with Crippen LogP contribution in [0.5, 0.6) is 0 Å².